The Labute approximate surface area is 83.2 Å². The van der Waals surface area contributed by atoms with Gasteiger partial charge in [0.1, 0.15) is 0 Å². The molecule has 0 rings (SSSR count). The van der Waals surface area contributed by atoms with Crippen LogP contribution in [0.3, 0.4) is 0 Å². The molecule has 0 saturated carbocycles. The number of ether oxygens (including phenoxy) is 1. The fourth-order valence-corrected chi connectivity index (χ4v) is 1.37. The summed E-state index contributed by atoms with van der Waals surface area (Å²) >= 11 is 0. The summed E-state index contributed by atoms with van der Waals surface area (Å²) in [6.07, 6.45) is 12.2. The molecule has 1 heteroatoms. The lowest BCUT2D eigenvalue weighted by atomic mass is 10.1. The second kappa shape index (κ2) is 9.79. The molecule has 0 bridgehead atoms. The van der Waals surface area contributed by atoms with Gasteiger partial charge in [0.25, 0.3) is 0 Å². The maximum atomic E-state index is 5.39. The molecular formula is C12H24O. The van der Waals surface area contributed by atoms with Crippen molar-refractivity contribution >= 4 is 0 Å². The van der Waals surface area contributed by atoms with E-state index in [0.717, 1.165) is 12.8 Å². The molecule has 0 aromatic heterocycles. The third-order valence-corrected chi connectivity index (χ3v) is 2.26. The van der Waals surface area contributed by atoms with E-state index in [2.05, 4.69) is 26.0 Å². The van der Waals surface area contributed by atoms with Gasteiger partial charge in [-0.2, -0.15) is 0 Å². The minimum Gasteiger partial charge on any atom is -0.381 e. The Hall–Kier alpha value is -0.300. The van der Waals surface area contributed by atoms with Crippen molar-refractivity contribution in [1.82, 2.24) is 0 Å². The van der Waals surface area contributed by atoms with Crippen LogP contribution < -0.4 is 0 Å². The predicted octanol–water partition coefficient (Wildman–Crippen LogP) is 3.94. The van der Waals surface area contributed by atoms with Crippen molar-refractivity contribution in [2.75, 3.05) is 7.11 Å². The first kappa shape index (κ1) is 12.7. The minimum atomic E-state index is 0.439. The summed E-state index contributed by atoms with van der Waals surface area (Å²) in [7, 11) is 1.82. The van der Waals surface area contributed by atoms with Crippen LogP contribution in [0.5, 0.6) is 0 Å². The number of allylic oxidation sites excluding steroid dienone is 1. The first-order valence-corrected chi connectivity index (χ1v) is 5.52. The molecule has 0 aromatic rings. The first-order chi connectivity index (χ1) is 6.35. The van der Waals surface area contributed by atoms with Crippen molar-refractivity contribution in [3.63, 3.8) is 0 Å². The van der Waals surface area contributed by atoms with Crippen LogP contribution in [-0.2, 0) is 4.74 Å². The Morgan fingerprint density at radius 2 is 1.92 bits per heavy atom. The maximum absolute atomic E-state index is 5.39. The van der Waals surface area contributed by atoms with Crippen LogP contribution in [0.4, 0.5) is 0 Å². The number of hydrogen-bond donors (Lipinski definition) is 0. The van der Waals surface area contributed by atoms with Crippen molar-refractivity contribution in [2.24, 2.45) is 0 Å². The highest BCUT2D eigenvalue weighted by atomic mass is 16.5. The van der Waals surface area contributed by atoms with E-state index < -0.39 is 0 Å². The molecule has 0 aliphatic rings. The molecule has 0 amide bonds. The summed E-state index contributed by atoms with van der Waals surface area (Å²) < 4.78 is 5.39. The van der Waals surface area contributed by atoms with Crippen LogP contribution in [0.25, 0.3) is 0 Å². The van der Waals surface area contributed by atoms with Crippen molar-refractivity contribution in [3.8, 4) is 0 Å². The van der Waals surface area contributed by atoms with Crippen molar-refractivity contribution in [1.29, 1.82) is 0 Å². The van der Waals surface area contributed by atoms with Gasteiger partial charge in [-0.05, 0) is 19.3 Å². The highest BCUT2D eigenvalue weighted by molar-refractivity contribution is 4.83. The molecule has 0 aromatic carbocycles. The predicted molar refractivity (Wildman–Crippen MR) is 59.0 cm³/mol. The van der Waals surface area contributed by atoms with E-state index in [-0.39, 0.29) is 0 Å². The molecule has 0 radical (unpaired) electrons. The van der Waals surface area contributed by atoms with Gasteiger partial charge in [-0.15, -0.1) is 0 Å². The summed E-state index contributed by atoms with van der Waals surface area (Å²) in [4.78, 5) is 0. The largest absolute Gasteiger partial charge is 0.381 e. The Morgan fingerprint density at radius 3 is 2.46 bits per heavy atom. The van der Waals surface area contributed by atoms with E-state index in [0.29, 0.717) is 6.10 Å². The Kier molecular flexibility index (Phi) is 9.56. The molecular weight excluding hydrogens is 160 g/mol. The van der Waals surface area contributed by atoms with Gasteiger partial charge in [0.2, 0.25) is 0 Å². The molecule has 1 unspecified atom stereocenters. The van der Waals surface area contributed by atoms with Crippen molar-refractivity contribution in [3.05, 3.63) is 12.2 Å². The summed E-state index contributed by atoms with van der Waals surface area (Å²) in [6, 6.07) is 0. The lowest BCUT2D eigenvalue weighted by Gasteiger charge is -2.12. The van der Waals surface area contributed by atoms with Crippen molar-refractivity contribution < 1.29 is 4.74 Å². The quantitative estimate of drug-likeness (QED) is 0.410. The minimum absolute atomic E-state index is 0.439. The van der Waals surface area contributed by atoms with E-state index in [1.165, 1.54) is 25.7 Å². The fourth-order valence-electron chi connectivity index (χ4n) is 1.37. The smallest absolute Gasteiger partial charge is 0.0605 e. The molecule has 1 nitrogen and oxygen atoms in total. The highest BCUT2D eigenvalue weighted by Crippen LogP contribution is 2.10. The zero-order valence-corrected chi connectivity index (χ0v) is 9.38. The second-order valence-electron chi connectivity index (χ2n) is 3.47. The molecule has 0 spiro atoms. The molecule has 0 fully saturated rings. The average Bonchev–Trinajstić information content (AvgIpc) is 2.16. The van der Waals surface area contributed by atoms with Crippen molar-refractivity contribution in [2.45, 2.75) is 58.5 Å². The van der Waals surface area contributed by atoms with Crippen LogP contribution in [0.2, 0.25) is 0 Å². The van der Waals surface area contributed by atoms with Gasteiger partial charge in [0, 0.05) is 7.11 Å². The van der Waals surface area contributed by atoms with E-state index in [1.807, 2.05) is 7.11 Å². The van der Waals surface area contributed by atoms with Gasteiger partial charge in [-0.1, -0.05) is 45.3 Å². The van der Waals surface area contributed by atoms with Gasteiger partial charge >= 0.3 is 0 Å². The first-order valence-electron chi connectivity index (χ1n) is 5.52. The van der Waals surface area contributed by atoms with E-state index in [1.54, 1.807) is 0 Å². The highest BCUT2D eigenvalue weighted by Gasteiger charge is 2.03. The molecule has 0 saturated heterocycles. The number of rotatable bonds is 8. The van der Waals surface area contributed by atoms with Gasteiger partial charge in [-0.25, -0.2) is 0 Å². The molecule has 13 heavy (non-hydrogen) atoms. The monoisotopic (exact) mass is 184 g/mol. The molecule has 0 aliphatic heterocycles. The molecule has 0 aliphatic carbocycles. The molecule has 0 N–H and O–H groups in total. The number of hydrogen-bond acceptors (Lipinski definition) is 1. The Bertz CT molecular complexity index is 118. The average molecular weight is 184 g/mol. The zero-order valence-electron chi connectivity index (χ0n) is 9.38. The lowest BCUT2D eigenvalue weighted by Crippen LogP contribution is -2.08. The molecule has 78 valence electrons. The molecule has 1 atom stereocenters. The van der Waals surface area contributed by atoms with Gasteiger partial charge in [0.05, 0.1) is 6.10 Å². The second-order valence-corrected chi connectivity index (χ2v) is 3.47. The summed E-state index contributed by atoms with van der Waals surface area (Å²) in [5, 5.41) is 0. The summed E-state index contributed by atoms with van der Waals surface area (Å²) in [5.74, 6) is 0. The Morgan fingerprint density at radius 1 is 1.15 bits per heavy atom. The van der Waals surface area contributed by atoms with E-state index in [9.17, 15) is 0 Å². The molecule has 0 heterocycles. The Balaban J connectivity index is 3.45. The number of unbranched alkanes of at least 4 members (excludes halogenated alkanes) is 2. The zero-order chi connectivity index (χ0) is 9.94. The normalized spacial score (nSPS) is 13.8. The van der Waals surface area contributed by atoms with Crippen LogP contribution in [0, 0.1) is 0 Å². The van der Waals surface area contributed by atoms with Crippen LogP contribution in [-0.4, -0.2) is 13.2 Å². The van der Waals surface area contributed by atoms with E-state index in [4.69, 9.17) is 4.74 Å². The van der Waals surface area contributed by atoms with Gasteiger partial charge < -0.3 is 4.74 Å². The van der Waals surface area contributed by atoms with E-state index >= 15 is 0 Å². The third-order valence-electron chi connectivity index (χ3n) is 2.26. The maximum Gasteiger partial charge on any atom is 0.0605 e. The SMILES string of the molecule is CCC=CCC(CCCCC)OC. The van der Waals surface area contributed by atoms with Gasteiger partial charge in [-0.3, -0.25) is 0 Å². The van der Waals surface area contributed by atoms with Crippen LogP contribution in [0.1, 0.15) is 52.4 Å². The third kappa shape index (κ3) is 8.04. The topological polar surface area (TPSA) is 9.23 Å². The summed E-state index contributed by atoms with van der Waals surface area (Å²) in [6.45, 7) is 4.40. The fraction of sp³-hybridized carbons (Fsp3) is 0.833. The standard InChI is InChI=1S/C12H24O/c1-4-6-8-10-12(13-3)11-9-7-5-2/h6,8,12H,4-5,7,9-11H2,1-3H3. The van der Waals surface area contributed by atoms with Crippen LogP contribution >= 0.6 is 0 Å². The summed E-state index contributed by atoms with van der Waals surface area (Å²) in [5.41, 5.74) is 0. The van der Waals surface area contributed by atoms with Crippen LogP contribution in [0.15, 0.2) is 12.2 Å². The van der Waals surface area contributed by atoms with Gasteiger partial charge in [0.15, 0.2) is 0 Å². The number of methoxy groups -OCH3 is 1. The lowest BCUT2D eigenvalue weighted by molar-refractivity contribution is 0.0953.